The van der Waals surface area contributed by atoms with Crippen LogP contribution in [0.1, 0.15) is 17.4 Å². The molecular formula is C17H16BrNO3S. The summed E-state index contributed by atoms with van der Waals surface area (Å²) in [5.74, 6) is -0.869. The van der Waals surface area contributed by atoms with Crippen molar-refractivity contribution < 1.29 is 14.3 Å². The summed E-state index contributed by atoms with van der Waals surface area (Å²) < 4.78 is 6.01. The molecule has 2 aromatic rings. The Hall–Kier alpha value is -1.92. The van der Waals surface area contributed by atoms with Gasteiger partial charge >= 0.3 is 5.97 Å². The molecule has 2 rings (SSSR count). The Labute approximate surface area is 147 Å². The summed E-state index contributed by atoms with van der Waals surface area (Å²) in [7, 11) is 0. The van der Waals surface area contributed by atoms with E-state index in [0.29, 0.717) is 6.54 Å². The fraction of sp³-hybridized carbons (Fsp3) is 0.176. The average molecular weight is 394 g/mol. The van der Waals surface area contributed by atoms with Crippen LogP contribution in [0.3, 0.4) is 0 Å². The van der Waals surface area contributed by atoms with Gasteiger partial charge in [-0.1, -0.05) is 34.1 Å². The van der Waals surface area contributed by atoms with Crippen molar-refractivity contribution in [2.45, 2.75) is 19.6 Å². The molecule has 0 unspecified atom stereocenters. The topological polar surface area (TPSA) is 55.4 Å². The van der Waals surface area contributed by atoms with Gasteiger partial charge in [-0.3, -0.25) is 4.79 Å². The Kier molecular flexibility index (Phi) is 6.55. The van der Waals surface area contributed by atoms with Gasteiger partial charge in [0, 0.05) is 15.4 Å². The SMILES string of the molecule is C[C@H](OC(=O)/C=C/c1cccc(Br)c1)C(=O)NCc1cccs1. The van der Waals surface area contributed by atoms with Gasteiger partial charge in [0.25, 0.3) is 5.91 Å². The van der Waals surface area contributed by atoms with Gasteiger partial charge in [0.05, 0.1) is 6.54 Å². The van der Waals surface area contributed by atoms with Crippen molar-refractivity contribution in [3.63, 3.8) is 0 Å². The minimum absolute atomic E-state index is 0.317. The molecule has 0 aliphatic carbocycles. The molecule has 0 aliphatic heterocycles. The highest BCUT2D eigenvalue weighted by atomic mass is 79.9. The van der Waals surface area contributed by atoms with Crippen LogP contribution < -0.4 is 5.32 Å². The Balaban J connectivity index is 1.80. The molecule has 1 atom stereocenters. The molecule has 6 heteroatoms. The molecular weight excluding hydrogens is 378 g/mol. The molecule has 120 valence electrons. The molecule has 0 radical (unpaired) electrons. The number of carbonyl (C=O) groups is 2. The van der Waals surface area contributed by atoms with Crippen LogP contribution >= 0.6 is 27.3 Å². The lowest BCUT2D eigenvalue weighted by molar-refractivity contribution is -0.150. The highest BCUT2D eigenvalue weighted by Gasteiger charge is 2.16. The van der Waals surface area contributed by atoms with Gasteiger partial charge < -0.3 is 10.1 Å². The summed E-state index contributed by atoms with van der Waals surface area (Å²) in [5, 5.41) is 4.68. The van der Waals surface area contributed by atoms with E-state index in [-0.39, 0.29) is 5.91 Å². The van der Waals surface area contributed by atoms with Crippen LogP contribution in [0.5, 0.6) is 0 Å². The highest BCUT2D eigenvalue weighted by molar-refractivity contribution is 9.10. The monoisotopic (exact) mass is 393 g/mol. The van der Waals surface area contributed by atoms with Gasteiger partial charge in [0.1, 0.15) is 0 Å². The summed E-state index contributed by atoms with van der Waals surface area (Å²) in [4.78, 5) is 24.7. The number of hydrogen-bond donors (Lipinski definition) is 1. The average Bonchev–Trinajstić information content (AvgIpc) is 3.04. The Bertz CT molecular complexity index is 698. The lowest BCUT2D eigenvalue weighted by Crippen LogP contribution is -2.34. The van der Waals surface area contributed by atoms with E-state index in [1.807, 2.05) is 41.8 Å². The molecule has 0 fully saturated rings. The summed E-state index contributed by atoms with van der Waals surface area (Å²) in [6.07, 6.45) is 2.11. The van der Waals surface area contributed by atoms with Crippen molar-refractivity contribution in [3.8, 4) is 0 Å². The maximum atomic E-state index is 11.9. The molecule has 1 aromatic heterocycles. The first kappa shape index (κ1) is 17.4. The molecule has 0 spiro atoms. The minimum atomic E-state index is -0.838. The van der Waals surface area contributed by atoms with E-state index in [2.05, 4.69) is 21.2 Å². The van der Waals surface area contributed by atoms with Gasteiger partial charge in [-0.2, -0.15) is 0 Å². The van der Waals surface area contributed by atoms with E-state index in [1.54, 1.807) is 24.3 Å². The Morgan fingerprint density at radius 1 is 1.35 bits per heavy atom. The number of rotatable bonds is 6. The number of esters is 1. The first-order chi connectivity index (χ1) is 11.0. The second-order valence-corrected chi connectivity index (χ2v) is 6.71. The maximum Gasteiger partial charge on any atom is 0.331 e. The van der Waals surface area contributed by atoms with Crippen LogP contribution in [0.4, 0.5) is 0 Å². The van der Waals surface area contributed by atoms with Crippen molar-refractivity contribution in [3.05, 3.63) is 62.8 Å². The Morgan fingerprint density at radius 3 is 2.87 bits per heavy atom. The van der Waals surface area contributed by atoms with Crippen LogP contribution in [-0.4, -0.2) is 18.0 Å². The van der Waals surface area contributed by atoms with Crippen molar-refractivity contribution in [2.24, 2.45) is 0 Å². The first-order valence-electron chi connectivity index (χ1n) is 6.99. The number of amides is 1. The minimum Gasteiger partial charge on any atom is -0.449 e. The molecule has 0 aliphatic rings. The first-order valence-corrected chi connectivity index (χ1v) is 8.66. The second kappa shape index (κ2) is 8.64. The lowest BCUT2D eigenvalue weighted by Gasteiger charge is -2.11. The smallest absolute Gasteiger partial charge is 0.331 e. The third-order valence-corrected chi connectivity index (χ3v) is 4.31. The fourth-order valence-electron chi connectivity index (χ4n) is 1.77. The van der Waals surface area contributed by atoms with Crippen LogP contribution in [0.15, 0.2) is 52.3 Å². The van der Waals surface area contributed by atoms with Crippen LogP contribution in [-0.2, 0) is 20.9 Å². The predicted molar refractivity (Wildman–Crippen MR) is 94.9 cm³/mol. The van der Waals surface area contributed by atoms with Crippen LogP contribution in [0.2, 0.25) is 0 Å². The van der Waals surface area contributed by atoms with E-state index < -0.39 is 12.1 Å². The molecule has 1 amide bonds. The van der Waals surface area contributed by atoms with Crippen LogP contribution in [0, 0.1) is 0 Å². The van der Waals surface area contributed by atoms with Gasteiger partial charge in [0.15, 0.2) is 6.10 Å². The number of carbonyl (C=O) groups excluding carboxylic acids is 2. The predicted octanol–water partition coefficient (Wildman–Crippen LogP) is 3.77. The van der Waals surface area contributed by atoms with E-state index in [1.165, 1.54) is 6.08 Å². The highest BCUT2D eigenvalue weighted by Crippen LogP contribution is 2.13. The fourth-order valence-corrected chi connectivity index (χ4v) is 2.83. The number of nitrogens with one attached hydrogen (secondary N) is 1. The summed E-state index contributed by atoms with van der Waals surface area (Å²) in [6.45, 7) is 1.99. The molecule has 23 heavy (non-hydrogen) atoms. The van der Waals surface area contributed by atoms with Gasteiger partial charge in [-0.25, -0.2) is 4.79 Å². The van der Waals surface area contributed by atoms with Crippen molar-refractivity contribution in [1.82, 2.24) is 5.32 Å². The largest absolute Gasteiger partial charge is 0.449 e. The molecule has 1 N–H and O–H groups in total. The van der Waals surface area contributed by atoms with Gasteiger partial charge in [0.2, 0.25) is 0 Å². The number of thiophene rings is 1. The van der Waals surface area contributed by atoms with Gasteiger partial charge in [-0.15, -0.1) is 11.3 Å². The van der Waals surface area contributed by atoms with Crippen molar-refractivity contribution in [2.75, 3.05) is 0 Å². The number of ether oxygens (including phenoxy) is 1. The molecule has 0 saturated heterocycles. The van der Waals surface area contributed by atoms with Crippen molar-refractivity contribution in [1.29, 1.82) is 0 Å². The number of halogens is 1. The van der Waals surface area contributed by atoms with E-state index in [4.69, 9.17) is 4.74 Å². The van der Waals surface area contributed by atoms with E-state index in [9.17, 15) is 9.59 Å². The van der Waals surface area contributed by atoms with E-state index in [0.717, 1.165) is 14.9 Å². The van der Waals surface area contributed by atoms with Gasteiger partial charge in [-0.05, 0) is 42.1 Å². The molecule has 0 bridgehead atoms. The van der Waals surface area contributed by atoms with E-state index >= 15 is 0 Å². The maximum absolute atomic E-state index is 11.9. The number of hydrogen-bond acceptors (Lipinski definition) is 4. The lowest BCUT2D eigenvalue weighted by atomic mass is 10.2. The van der Waals surface area contributed by atoms with Crippen LogP contribution in [0.25, 0.3) is 6.08 Å². The molecule has 1 heterocycles. The normalized spacial score (nSPS) is 12.1. The molecule has 4 nitrogen and oxygen atoms in total. The summed E-state index contributed by atoms with van der Waals surface area (Å²) >= 11 is 4.92. The standard InChI is InChI=1S/C17H16BrNO3S/c1-12(17(21)19-11-15-6-3-9-23-15)22-16(20)8-7-13-4-2-5-14(18)10-13/h2-10,12H,11H2,1H3,(H,19,21)/b8-7+/t12-/m0/s1. The third-order valence-electron chi connectivity index (χ3n) is 2.94. The second-order valence-electron chi connectivity index (χ2n) is 4.76. The quantitative estimate of drug-likeness (QED) is 0.600. The summed E-state index contributed by atoms with van der Waals surface area (Å²) in [6, 6.07) is 11.4. The molecule has 1 aromatic carbocycles. The molecule has 0 saturated carbocycles. The zero-order valence-electron chi connectivity index (χ0n) is 12.5. The zero-order valence-corrected chi connectivity index (χ0v) is 14.9. The Morgan fingerprint density at radius 2 is 2.17 bits per heavy atom. The van der Waals surface area contributed by atoms with Crippen molar-refractivity contribution >= 4 is 45.2 Å². The summed E-state index contributed by atoms with van der Waals surface area (Å²) in [5.41, 5.74) is 0.867. The number of benzene rings is 1. The zero-order chi connectivity index (χ0) is 16.7. The third kappa shape index (κ3) is 6.00.